The van der Waals surface area contributed by atoms with Gasteiger partial charge in [-0.15, -0.1) is 0 Å². The lowest BCUT2D eigenvalue weighted by Gasteiger charge is -2.20. The van der Waals surface area contributed by atoms with Gasteiger partial charge in [0.15, 0.2) is 0 Å². The van der Waals surface area contributed by atoms with Crippen LogP contribution in [0.3, 0.4) is 0 Å². The minimum absolute atomic E-state index is 0.260. The molecule has 0 fully saturated rings. The molecule has 0 aliphatic carbocycles. The Hall–Kier alpha value is -1.35. The Balaban J connectivity index is 2.28. The van der Waals surface area contributed by atoms with Crippen molar-refractivity contribution in [2.24, 2.45) is 0 Å². The third-order valence-corrected chi connectivity index (χ3v) is 4.21. The van der Waals surface area contributed by atoms with Crippen molar-refractivity contribution in [3.05, 3.63) is 56.8 Å². The molecule has 106 valence electrons. The molecule has 1 aromatic carbocycles. The van der Waals surface area contributed by atoms with Crippen LogP contribution >= 0.6 is 15.9 Å². The molecule has 1 aromatic heterocycles. The number of hydrogen-bond acceptors (Lipinski definition) is 2. The zero-order valence-corrected chi connectivity index (χ0v) is 14.3. The van der Waals surface area contributed by atoms with E-state index >= 15 is 0 Å². The van der Waals surface area contributed by atoms with Crippen molar-refractivity contribution in [1.29, 1.82) is 0 Å². The van der Waals surface area contributed by atoms with Crippen LogP contribution in [-0.4, -0.2) is 4.98 Å². The van der Waals surface area contributed by atoms with Crippen molar-refractivity contribution in [2.45, 2.75) is 40.7 Å². The highest BCUT2D eigenvalue weighted by molar-refractivity contribution is 9.10. The van der Waals surface area contributed by atoms with Gasteiger partial charge in [0.05, 0.1) is 11.4 Å². The van der Waals surface area contributed by atoms with E-state index in [4.69, 9.17) is 0 Å². The number of pyridine rings is 1. The number of anilines is 1. The maximum atomic E-state index is 4.43. The number of aryl methyl sites for hydroxylation is 4. The Morgan fingerprint density at radius 3 is 2.30 bits per heavy atom. The number of hydrogen-bond donors (Lipinski definition) is 1. The Bertz CT molecular complexity index is 635. The first-order valence-electron chi connectivity index (χ1n) is 6.86. The molecule has 20 heavy (non-hydrogen) atoms. The molecular weight excluding hydrogens is 312 g/mol. The fourth-order valence-electron chi connectivity index (χ4n) is 2.44. The van der Waals surface area contributed by atoms with E-state index in [0.717, 1.165) is 16.0 Å². The van der Waals surface area contributed by atoms with Gasteiger partial charge in [-0.1, -0.05) is 12.1 Å². The summed E-state index contributed by atoms with van der Waals surface area (Å²) in [6, 6.07) is 8.84. The molecule has 2 rings (SSSR count). The van der Waals surface area contributed by atoms with Crippen LogP contribution in [0.25, 0.3) is 0 Å². The maximum absolute atomic E-state index is 4.43. The molecule has 1 N–H and O–H groups in total. The summed E-state index contributed by atoms with van der Waals surface area (Å²) in [5.74, 6) is 0. The molecule has 2 aromatic rings. The first-order chi connectivity index (χ1) is 9.38. The highest BCUT2D eigenvalue weighted by atomic mass is 79.9. The van der Waals surface area contributed by atoms with Crippen LogP contribution in [0, 0.1) is 27.7 Å². The van der Waals surface area contributed by atoms with Crippen LogP contribution in [-0.2, 0) is 0 Å². The van der Waals surface area contributed by atoms with Gasteiger partial charge in [-0.2, -0.15) is 0 Å². The number of nitrogens with zero attached hydrogens (tertiary/aromatic N) is 1. The summed E-state index contributed by atoms with van der Waals surface area (Å²) in [7, 11) is 0. The normalized spacial score (nSPS) is 12.3. The van der Waals surface area contributed by atoms with E-state index in [9.17, 15) is 0 Å². The molecular formula is C17H21BrN2. The quantitative estimate of drug-likeness (QED) is 0.776. The van der Waals surface area contributed by atoms with Crippen LogP contribution in [0.2, 0.25) is 0 Å². The molecule has 1 unspecified atom stereocenters. The Morgan fingerprint density at radius 1 is 1.00 bits per heavy atom. The molecule has 0 aliphatic heterocycles. The van der Waals surface area contributed by atoms with Crippen molar-refractivity contribution >= 4 is 21.6 Å². The molecule has 0 radical (unpaired) electrons. The minimum Gasteiger partial charge on any atom is -0.377 e. The number of benzene rings is 1. The lowest BCUT2D eigenvalue weighted by molar-refractivity contribution is 0.865. The largest absolute Gasteiger partial charge is 0.377 e. The Morgan fingerprint density at radius 2 is 1.65 bits per heavy atom. The summed E-state index contributed by atoms with van der Waals surface area (Å²) in [6.45, 7) is 10.7. The standard InChI is InChI=1S/C17H21BrN2/c1-10-8-12(3)15(9-11(10)2)13(4)19-16-6-7-17(18)20-14(16)5/h6-9,13,19H,1-5H3. The van der Waals surface area contributed by atoms with Crippen molar-refractivity contribution in [3.63, 3.8) is 0 Å². The number of nitrogens with one attached hydrogen (secondary N) is 1. The predicted molar refractivity (Wildman–Crippen MR) is 89.4 cm³/mol. The molecule has 0 saturated heterocycles. The number of rotatable bonds is 3. The molecule has 3 heteroatoms. The lowest BCUT2D eigenvalue weighted by Crippen LogP contribution is -2.10. The second kappa shape index (κ2) is 5.96. The van der Waals surface area contributed by atoms with E-state index in [1.807, 2.05) is 13.0 Å². The lowest BCUT2D eigenvalue weighted by atomic mass is 9.96. The van der Waals surface area contributed by atoms with Gasteiger partial charge in [-0.05, 0) is 84.9 Å². The molecule has 0 spiro atoms. The monoisotopic (exact) mass is 332 g/mol. The highest BCUT2D eigenvalue weighted by Crippen LogP contribution is 2.26. The third kappa shape index (κ3) is 3.21. The summed E-state index contributed by atoms with van der Waals surface area (Å²) in [5.41, 5.74) is 7.45. The van der Waals surface area contributed by atoms with Gasteiger partial charge in [-0.25, -0.2) is 4.98 Å². The maximum Gasteiger partial charge on any atom is 0.106 e. The second-order valence-electron chi connectivity index (χ2n) is 5.43. The molecule has 2 nitrogen and oxygen atoms in total. The van der Waals surface area contributed by atoms with Crippen LogP contribution in [0.1, 0.15) is 40.9 Å². The van der Waals surface area contributed by atoms with E-state index < -0.39 is 0 Å². The van der Waals surface area contributed by atoms with Crippen LogP contribution in [0.15, 0.2) is 28.9 Å². The van der Waals surface area contributed by atoms with E-state index in [2.05, 4.69) is 72.1 Å². The van der Waals surface area contributed by atoms with E-state index in [-0.39, 0.29) is 6.04 Å². The van der Waals surface area contributed by atoms with Crippen LogP contribution in [0.4, 0.5) is 5.69 Å². The number of halogens is 1. The summed E-state index contributed by atoms with van der Waals surface area (Å²) in [4.78, 5) is 4.43. The fourth-order valence-corrected chi connectivity index (χ4v) is 2.84. The summed E-state index contributed by atoms with van der Waals surface area (Å²) >= 11 is 3.40. The average molecular weight is 333 g/mol. The zero-order chi connectivity index (χ0) is 14.9. The first kappa shape index (κ1) is 15.0. The molecule has 1 heterocycles. The first-order valence-corrected chi connectivity index (χ1v) is 7.65. The minimum atomic E-state index is 0.260. The SMILES string of the molecule is Cc1cc(C)c(C(C)Nc2ccc(Br)nc2C)cc1C. The van der Waals surface area contributed by atoms with Crippen LogP contribution < -0.4 is 5.32 Å². The highest BCUT2D eigenvalue weighted by Gasteiger charge is 2.11. The van der Waals surface area contributed by atoms with Crippen molar-refractivity contribution in [2.75, 3.05) is 5.32 Å². The van der Waals surface area contributed by atoms with Gasteiger partial charge < -0.3 is 5.32 Å². The van der Waals surface area contributed by atoms with Gasteiger partial charge >= 0.3 is 0 Å². The van der Waals surface area contributed by atoms with E-state index in [1.165, 1.54) is 22.3 Å². The topological polar surface area (TPSA) is 24.9 Å². The van der Waals surface area contributed by atoms with Crippen LogP contribution in [0.5, 0.6) is 0 Å². The molecule has 0 saturated carbocycles. The predicted octanol–water partition coefficient (Wildman–Crippen LogP) is 5.25. The zero-order valence-electron chi connectivity index (χ0n) is 12.7. The van der Waals surface area contributed by atoms with Crippen molar-refractivity contribution < 1.29 is 0 Å². The molecule has 0 aliphatic rings. The third-order valence-electron chi connectivity index (χ3n) is 3.77. The van der Waals surface area contributed by atoms with E-state index in [1.54, 1.807) is 0 Å². The van der Waals surface area contributed by atoms with Crippen molar-refractivity contribution in [3.8, 4) is 0 Å². The smallest absolute Gasteiger partial charge is 0.106 e. The summed E-state index contributed by atoms with van der Waals surface area (Å²) in [6.07, 6.45) is 0. The summed E-state index contributed by atoms with van der Waals surface area (Å²) < 4.78 is 0.871. The average Bonchev–Trinajstić information content (AvgIpc) is 2.37. The van der Waals surface area contributed by atoms with Gasteiger partial charge in [-0.3, -0.25) is 0 Å². The molecule has 0 bridgehead atoms. The number of aromatic nitrogens is 1. The van der Waals surface area contributed by atoms with Gasteiger partial charge in [0.1, 0.15) is 4.60 Å². The van der Waals surface area contributed by atoms with Gasteiger partial charge in [0, 0.05) is 6.04 Å². The van der Waals surface area contributed by atoms with Gasteiger partial charge in [0.2, 0.25) is 0 Å². The second-order valence-corrected chi connectivity index (χ2v) is 6.24. The van der Waals surface area contributed by atoms with Gasteiger partial charge in [0.25, 0.3) is 0 Å². The summed E-state index contributed by atoms with van der Waals surface area (Å²) in [5, 5.41) is 3.56. The molecule has 1 atom stereocenters. The Kier molecular flexibility index (Phi) is 4.48. The Labute approximate surface area is 129 Å². The molecule has 0 amide bonds. The fraction of sp³-hybridized carbons (Fsp3) is 0.353. The van der Waals surface area contributed by atoms with Crippen molar-refractivity contribution in [1.82, 2.24) is 4.98 Å². The van der Waals surface area contributed by atoms with E-state index in [0.29, 0.717) is 0 Å².